The highest BCUT2D eigenvalue weighted by atomic mass is 35.5. The van der Waals surface area contributed by atoms with E-state index in [9.17, 15) is 4.39 Å². The summed E-state index contributed by atoms with van der Waals surface area (Å²) in [6.07, 6.45) is 6.50. The predicted octanol–water partition coefficient (Wildman–Crippen LogP) is 3.02. The molecule has 8 nitrogen and oxygen atoms in total. The fourth-order valence-corrected chi connectivity index (χ4v) is 3.09. The molecule has 28 heavy (non-hydrogen) atoms. The molecule has 0 aliphatic rings. The van der Waals surface area contributed by atoms with Crippen molar-refractivity contribution in [3.63, 3.8) is 0 Å². The lowest BCUT2D eigenvalue weighted by molar-refractivity contribution is 0.269. The number of benzene rings is 1. The molecule has 0 saturated carbocycles. The summed E-state index contributed by atoms with van der Waals surface area (Å²) in [5, 5.41) is 30.1. The van der Waals surface area contributed by atoms with Crippen LogP contribution in [0, 0.1) is 17.1 Å². The van der Waals surface area contributed by atoms with Crippen LogP contribution in [-0.2, 0) is 6.54 Å². The molecule has 0 aliphatic heterocycles. The summed E-state index contributed by atoms with van der Waals surface area (Å²) in [7, 11) is 0. The van der Waals surface area contributed by atoms with Crippen molar-refractivity contribution in [1.29, 1.82) is 5.26 Å². The Kier molecular flexibility index (Phi) is 4.65. The molecule has 3 aromatic heterocycles. The molecule has 0 fully saturated rings. The summed E-state index contributed by atoms with van der Waals surface area (Å²) in [6, 6.07) is 6.08. The molecule has 0 bridgehead atoms. The van der Waals surface area contributed by atoms with Crippen LogP contribution in [0.5, 0.6) is 0 Å². The van der Waals surface area contributed by atoms with Gasteiger partial charge in [-0.1, -0.05) is 11.6 Å². The monoisotopic (exact) mass is 397 g/mol. The van der Waals surface area contributed by atoms with Gasteiger partial charge in [-0.05, 0) is 12.1 Å². The number of aliphatic hydroxyl groups excluding tert-OH is 1. The molecule has 4 aromatic rings. The van der Waals surface area contributed by atoms with Crippen molar-refractivity contribution in [2.24, 2.45) is 0 Å². The number of nitrogens with one attached hydrogen (secondary N) is 1. The minimum atomic E-state index is -0.648. The molecule has 0 unspecified atom stereocenters. The van der Waals surface area contributed by atoms with Gasteiger partial charge >= 0.3 is 0 Å². The van der Waals surface area contributed by atoms with Crippen LogP contribution in [0.2, 0.25) is 5.02 Å². The molecule has 0 aliphatic carbocycles. The van der Waals surface area contributed by atoms with E-state index in [0.717, 1.165) is 6.07 Å². The van der Waals surface area contributed by atoms with Gasteiger partial charge in [-0.15, -0.1) is 0 Å². The summed E-state index contributed by atoms with van der Waals surface area (Å²) >= 11 is 6.19. The number of hydrogen-bond donors (Lipinski definition) is 2. The Balaban J connectivity index is 1.74. The number of aliphatic hydroxyl groups is 1. The van der Waals surface area contributed by atoms with Crippen molar-refractivity contribution in [3.8, 4) is 11.8 Å². The van der Waals surface area contributed by atoms with Gasteiger partial charge in [0, 0.05) is 23.8 Å². The van der Waals surface area contributed by atoms with E-state index in [1.165, 1.54) is 10.7 Å². The first kappa shape index (κ1) is 17.9. The summed E-state index contributed by atoms with van der Waals surface area (Å²) in [4.78, 5) is 4.32. The number of aromatic nitrogens is 5. The molecule has 3 heterocycles. The second-order valence-corrected chi connectivity index (χ2v) is 6.33. The Hall–Kier alpha value is -3.48. The van der Waals surface area contributed by atoms with Crippen molar-refractivity contribution in [1.82, 2.24) is 24.5 Å². The molecule has 0 amide bonds. The summed E-state index contributed by atoms with van der Waals surface area (Å²) in [5.41, 5.74) is 1.47. The number of pyridine rings is 1. The van der Waals surface area contributed by atoms with Gasteiger partial charge in [0.15, 0.2) is 5.82 Å². The number of halogens is 2. The molecular formula is C18H13ClFN7O. The van der Waals surface area contributed by atoms with Crippen molar-refractivity contribution in [2.75, 3.05) is 11.9 Å². The summed E-state index contributed by atoms with van der Waals surface area (Å²) < 4.78 is 17.5. The highest BCUT2D eigenvalue weighted by Gasteiger charge is 2.16. The smallest absolute Gasteiger partial charge is 0.151 e. The van der Waals surface area contributed by atoms with E-state index in [-0.39, 0.29) is 22.9 Å². The van der Waals surface area contributed by atoms with Crippen molar-refractivity contribution >= 4 is 34.0 Å². The van der Waals surface area contributed by atoms with Crippen molar-refractivity contribution in [3.05, 3.63) is 59.4 Å². The van der Waals surface area contributed by atoms with Crippen LogP contribution in [0.15, 0.2) is 43.0 Å². The van der Waals surface area contributed by atoms with Gasteiger partial charge in [-0.25, -0.2) is 14.1 Å². The number of nitrogens with zero attached hydrogens (tertiary/aromatic N) is 6. The maximum absolute atomic E-state index is 14.6. The van der Waals surface area contributed by atoms with Crippen LogP contribution in [0.1, 0.15) is 5.56 Å². The first-order chi connectivity index (χ1) is 13.6. The van der Waals surface area contributed by atoms with Crippen LogP contribution in [0.25, 0.3) is 16.6 Å². The number of rotatable bonds is 5. The van der Waals surface area contributed by atoms with Gasteiger partial charge < -0.3 is 10.4 Å². The number of hydrogen-bond acceptors (Lipinski definition) is 6. The third kappa shape index (κ3) is 3.26. The van der Waals surface area contributed by atoms with E-state index in [1.54, 1.807) is 35.5 Å². The molecule has 140 valence electrons. The molecule has 2 N–H and O–H groups in total. The van der Waals surface area contributed by atoms with E-state index < -0.39 is 5.82 Å². The number of fused-ring (bicyclic) bond motifs is 1. The molecule has 0 radical (unpaired) electrons. The molecule has 0 atom stereocenters. The zero-order chi connectivity index (χ0) is 19.7. The summed E-state index contributed by atoms with van der Waals surface area (Å²) in [6.45, 7) is 0.374. The second kappa shape index (κ2) is 7.26. The topological polar surface area (TPSA) is 105 Å². The average molecular weight is 398 g/mol. The van der Waals surface area contributed by atoms with Crippen LogP contribution in [-0.4, -0.2) is 36.3 Å². The molecule has 0 spiro atoms. The largest absolute Gasteiger partial charge is 0.394 e. The van der Waals surface area contributed by atoms with Gasteiger partial charge in [-0.2, -0.15) is 15.5 Å². The molecule has 1 aromatic carbocycles. The molecular weight excluding hydrogens is 385 g/mol. The van der Waals surface area contributed by atoms with Crippen LogP contribution < -0.4 is 5.32 Å². The predicted molar refractivity (Wildman–Crippen MR) is 101 cm³/mol. The van der Waals surface area contributed by atoms with Crippen LogP contribution >= 0.6 is 11.6 Å². The standard InChI is InChI=1S/C18H13ClFN7O/c19-14-3-11(6-21)4-15(20)18(14)27-16-5-17(22-7-12(16)8-24-27)25-13-9-23-26(10-13)1-2-28/h3-5,7-10,28H,1-2H2,(H,22,25). The van der Waals surface area contributed by atoms with Gasteiger partial charge in [0.25, 0.3) is 0 Å². The fourth-order valence-electron chi connectivity index (χ4n) is 2.80. The molecule has 0 saturated heterocycles. The first-order valence-electron chi connectivity index (χ1n) is 8.22. The van der Waals surface area contributed by atoms with E-state index >= 15 is 0 Å². The normalized spacial score (nSPS) is 10.9. The highest BCUT2D eigenvalue weighted by Crippen LogP contribution is 2.29. The van der Waals surface area contributed by atoms with Crippen LogP contribution in [0.4, 0.5) is 15.9 Å². The Morgan fingerprint density at radius 2 is 2.07 bits per heavy atom. The third-order valence-corrected chi connectivity index (χ3v) is 4.33. The van der Waals surface area contributed by atoms with E-state index in [1.807, 2.05) is 6.07 Å². The maximum Gasteiger partial charge on any atom is 0.151 e. The first-order valence-corrected chi connectivity index (χ1v) is 8.60. The van der Waals surface area contributed by atoms with Gasteiger partial charge in [0.05, 0.1) is 53.4 Å². The second-order valence-electron chi connectivity index (χ2n) is 5.93. The van der Waals surface area contributed by atoms with Crippen molar-refractivity contribution < 1.29 is 9.50 Å². The number of anilines is 2. The highest BCUT2D eigenvalue weighted by molar-refractivity contribution is 6.32. The average Bonchev–Trinajstić information content (AvgIpc) is 3.28. The number of nitriles is 1. The van der Waals surface area contributed by atoms with Gasteiger partial charge in [0.2, 0.25) is 0 Å². The Morgan fingerprint density at radius 3 is 2.82 bits per heavy atom. The lowest BCUT2D eigenvalue weighted by Crippen LogP contribution is -2.02. The third-order valence-electron chi connectivity index (χ3n) is 4.04. The van der Waals surface area contributed by atoms with E-state index in [0.29, 0.717) is 29.0 Å². The summed E-state index contributed by atoms with van der Waals surface area (Å²) in [5.74, 6) is -0.145. The quantitative estimate of drug-likeness (QED) is 0.536. The molecule has 10 heteroatoms. The lowest BCUT2D eigenvalue weighted by atomic mass is 10.2. The lowest BCUT2D eigenvalue weighted by Gasteiger charge is -2.09. The Bertz CT molecular complexity index is 1190. The SMILES string of the molecule is N#Cc1cc(F)c(-n2ncc3cnc(Nc4cnn(CCO)c4)cc32)c(Cl)c1. The Labute approximate surface area is 163 Å². The Morgan fingerprint density at radius 1 is 1.21 bits per heavy atom. The zero-order valence-corrected chi connectivity index (χ0v) is 15.1. The fraction of sp³-hybridized carbons (Fsp3) is 0.111. The van der Waals surface area contributed by atoms with Gasteiger partial charge in [0.1, 0.15) is 11.5 Å². The van der Waals surface area contributed by atoms with Gasteiger partial charge in [-0.3, -0.25) is 4.68 Å². The minimum absolute atomic E-state index is 0.0125. The minimum Gasteiger partial charge on any atom is -0.394 e. The van der Waals surface area contributed by atoms with Crippen LogP contribution in [0.3, 0.4) is 0 Å². The molecule has 4 rings (SSSR count). The van der Waals surface area contributed by atoms with E-state index in [4.69, 9.17) is 22.0 Å². The van der Waals surface area contributed by atoms with E-state index in [2.05, 4.69) is 20.5 Å². The maximum atomic E-state index is 14.6. The zero-order valence-electron chi connectivity index (χ0n) is 14.3. The van der Waals surface area contributed by atoms with Crippen molar-refractivity contribution in [2.45, 2.75) is 6.54 Å².